The Kier molecular flexibility index (Phi) is 5.48. The van der Waals surface area contributed by atoms with Gasteiger partial charge in [-0.05, 0) is 28.1 Å². The second-order valence-electron chi connectivity index (χ2n) is 1.92. The van der Waals surface area contributed by atoms with Crippen LogP contribution in [0.1, 0.15) is 13.1 Å². The minimum atomic E-state index is 0. The molecule has 0 aromatic carbocycles. The van der Waals surface area contributed by atoms with Crippen LogP contribution in [0.15, 0.2) is 10.7 Å². The highest BCUT2D eigenvalue weighted by Crippen LogP contribution is 2.12. The molecule has 0 radical (unpaired) electrons. The first-order chi connectivity index (χ1) is 5.74. The van der Waals surface area contributed by atoms with E-state index in [1.54, 1.807) is 6.20 Å². The highest BCUT2D eigenvalue weighted by Gasteiger charge is 1.99. The Morgan fingerprint density at radius 3 is 3.08 bits per heavy atom. The molecule has 13 heavy (non-hydrogen) atoms. The molecule has 1 aromatic heterocycles. The molecule has 0 aliphatic carbocycles. The van der Waals surface area contributed by atoms with Gasteiger partial charge in [-0.1, -0.05) is 7.43 Å². The summed E-state index contributed by atoms with van der Waals surface area (Å²) in [6.07, 6.45) is 1.56. The second-order valence-corrected chi connectivity index (χ2v) is 3.16. The van der Waals surface area contributed by atoms with Gasteiger partial charge in [0.2, 0.25) is 0 Å². The molecule has 4 nitrogen and oxygen atoms in total. The number of nitrogens with zero attached hydrogens (tertiary/aromatic N) is 1. The van der Waals surface area contributed by atoms with Gasteiger partial charge in [-0.15, -0.1) is 0 Å². The largest absolute Gasteiger partial charge is 0.461 e. The van der Waals surface area contributed by atoms with Crippen LogP contribution in [0.5, 0.6) is 0 Å². The van der Waals surface area contributed by atoms with Crippen LogP contribution < -0.4 is 0 Å². The van der Waals surface area contributed by atoms with Crippen LogP contribution in [0, 0.1) is 4.77 Å². The zero-order chi connectivity index (χ0) is 8.97. The second kappa shape index (κ2) is 5.82. The standard InChI is InChI=1S/C6H5BrN2O2S.CH4/c7-4-1-8-6(12)9-5(4)2-11-3-10;/h1,3H,2H2,(H,8,9,12);1H4. The smallest absolute Gasteiger partial charge is 0.293 e. The van der Waals surface area contributed by atoms with Gasteiger partial charge in [0.1, 0.15) is 6.61 Å². The summed E-state index contributed by atoms with van der Waals surface area (Å²) in [7, 11) is 0. The fourth-order valence-corrected chi connectivity index (χ4v) is 1.13. The molecule has 0 bridgehead atoms. The molecule has 72 valence electrons. The van der Waals surface area contributed by atoms with Crippen LogP contribution in [0.4, 0.5) is 0 Å². The molecule has 1 heterocycles. The van der Waals surface area contributed by atoms with E-state index in [4.69, 9.17) is 12.2 Å². The number of H-pyrrole nitrogens is 1. The minimum Gasteiger partial charge on any atom is -0.461 e. The van der Waals surface area contributed by atoms with Gasteiger partial charge in [0, 0.05) is 6.20 Å². The van der Waals surface area contributed by atoms with Crippen molar-refractivity contribution in [3.63, 3.8) is 0 Å². The Balaban J connectivity index is 0.00000144. The first-order valence-electron chi connectivity index (χ1n) is 3.03. The Hall–Kier alpha value is -0.750. The Morgan fingerprint density at radius 2 is 2.46 bits per heavy atom. The average Bonchev–Trinajstić information content (AvgIpc) is 2.07. The van der Waals surface area contributed by atoms with E-state index in [1.807, 2.05) is 0 Å². The van der Waals surface area contributed by atoms with Crippen molar-refractivity contribution in [3.8, 4) is 0 Å². The fourth-order valence-electron chi connectivity index (χ4n) is 0.637. The molecule has 0 aliphatic rings. The Bertz CT molecular complexity index is 340. The number of carbonyl (C=O) groups is 1. The third-order valence-electron chi connectivity index (χ3n) is 1.14. The maximum atomic E-state index is 9.88. The summed E-state index contributed by atoms with van der Waals surface area (Å²) in [5.74, 6) is 0. The zero-order valence-electron chi connectivity index (χ0n) is 5.91. The number of rotatable bonds is 3. The molecule has 0 spiro atoms. The number of aromatic nitrogens is 2. The number of aromatic amines is 1. The molecular weight excluding hydrogens is 256 g/mol. The van der Waals surface area contributed by atoms with Crippen molar-refractivity contribution in [2.75, 3.05) is 0 Å². The summed E-state index contributed by atoms with van der Waals surface area (Å²) < 4.78 is 5.64. The predicted molar refractivity (Wildman–Crippen MR) is 54.7 cm³/mol. The van der Waals surface area contributed by atoms with Gasteiger partial charge in [-0.2, -0.15) is 0 Å². The number of ether oxygens (including phenoxy) is 1. The fraction of sp³-hybridized carbons (Fsp3) is 0.286. The minimum absolute atomic E-state index is 0. The summed E-state index contributed by atoms with van der Waals surface area (Å²) >= 11 is 8.00. The van der Waals surface area contributed by atoms with Gasteiger partial charge in [0.05, 0.1) is 10.2 Å². The van der Waals surface area contributed by atoms with Gasteiger partial charge in [0.25, 0.3) is 6.47 Å². The third kappa shape index (κ3) is 3.65. The van der Waals surface area contributed by atoms with Crippen molar-refractivity contribution < 1.29 is 9.53 Å². The molecule has 0 fully saturated rings. The number of hydrogen-bond donors (Lipinski definition) is 1. The van der Waals surface area contributed by atoms with E-state index in [0.29, 0.717) is 16.9 Å². The first-order valence-corrected chi connectivity index (χ1v) is 4.23. The van der Waals surface area contributed by atoms with Crippen LogP contribution in [-0.4, -0.2) is 16.4 Å². The monoisotopic (exact) mass is 264 g/mol. The Morgan fingerprint density at radius 1 is 1.77 bits per heavy atom. The predicted octanol–water partition coefficient (Wildman–Crippen LogP) is 2.21. The van der Waals surface area contributed by atoms with E-state index in [9.17, 15) is 4.79 Å². The lowest BCUT2D eigenvalue weighted by molar-refractivity contribution is -0.129. The van der Waals surface area contributed by atoms with Crippen LogP contribution in [-0.2, 0) is 16.1 Å². The molecule has 6 heteroatoms. The van der Waals surface area contributed by atoms with E-state index >= 15 is 0 Å². The average molecular weight is 265 g/mol. The maximum absolute atomic E-state index is 9.88. The molecule has 0 aliphatic heterocycles. The van der Waals surface area contributed by atoms with Crippen LogP contribution >= 0.6 is 28.1 Å². The maximum Gasteiger partial charge on any atom is 0.293 e. The van der Waals surface area contributed by atoms with E-state index < -0.39 is 0 Å². The Labute approximate surface area is 89.5 Å². The summed E-state index contributed by atoms with van der Waals surface area (Å²) in [5, 5.41) is 0. The van der Waals surface area contributed by atoms with Gasteiger partial charge in [-0.25, -0.2) is 4.98 Å². The van der Waals surface area contributed by atoms with Crippen LogP contribution in [0.2, 0.25) is 0 Å². The SMILES string of the molecule is C.O=COCc1[nH]c(=S)ncc1Br. The molecule has 0 atom stereocenters. The van der Waals surface area contributed by atoms with E-state index in [1.165, 1.54) is 0 Å². The van der Waals surface area contributed by atoms with Crippen molar-refractivity contribution in [1.29, 1.82) is 0 Å². The quantitative estimate of drug-likeness (QED) is 0.672. The molecule has 0 saturated heterocycles. The van der Waals surface area contributed by atoms with Crippen molar-refractivity contribution in [2.45, 2.75) is 14.0 Å². The normalized spacial score (nSPS) is 8.69. The van der Waals surface area contributed by atoms with Crippen molar-refractivity contribution in [3.05, 3.63) is 21.1 Å². The first kappa shape index (κ1) is 12.2. The van der Waals surface area contributed by atoms with E-state index in [0.717, 1.165) is 4.47 Å². The number of nitrogens with one attached hydrogen (secondary N) is 1. The van der Waals surface area contributed by atoms with Crippen molar-refractivity contribution in [1.82, 2.24) is 9.97 Å². The molecule has 0 saturated carbocycles. The summed E-state index contributed by atoms with van der Waals surface area (Å²) in [6.45, 7) is 0.542. The zero-order valence-corrected chi connectivity index (χ0v) is 8.31. The van der Waals surface area contributed by atoms with E-state index in [2.05, 4.69) is 30.6 Å². The summed E-state index contributed by atoms with van der Waals surface area (Å²) in [5.41, 5.74) is 0.696. The molecule has 0 amide bonds. The van der Waals surface area contributed by atoms with Crippen molar-refractivity contribution >= 4 is 34.6 Å². The molecular formula is C7H9BrN2O2S. The van der Waals surface area contributed by atoms with Gasteiger partial charge in [0.15, 0.2) is 4.77 Å². The number of hydrogen-bond acceptors (Lipinski definition) is 4. The van der Waals surface area contributed by atoms with Crippen molar-refractivity contribution in [2.24, 2.45) is 0 Å². The lowest BCUT2D eigenvalue weighted by Crippen LogP contribution is -1.96. The highest BCUT2D eigenvalue weighted by molar-refractivity contribution is 9.10. The molecule has 1 aromatic rings. The third-order valence-corrected chi connectivity index (χ3v) is 2.03. The molecule has 0 unspecified atom stereocenters. The lowest BCUT2D eigenvalue weighted by Gasteiger charge is -2.01. The van der Waals surface area contributed by atoms with Crippen LogP contribution in [0.3, 0.4) is 0 Å². The van der Waals surface area contributed by atoms with Gasteiger partial charge in [-0.3, -0.25) is 4.79 Å². The topological polar surface area (TPSA) is 55.0 Å². The number of halogens is 1. The van der Waals surface area contributed by atoms with Crippen LogP contribution in [0.25, 0.3) is 0 Å². The number of carbonyl (C=O) groups excluding carboxylic acids is 1. The lowest BCUT2D eigenvalue weighted by atomic mass is 10.4. The highest BCUT2D eigenvalue weighted by atomic mass is 79.9. The summed E-state index contributed by atoms with van der Waals surface area (Å²) in [4.78, 5) is 16.5. The summed E-state index contributed by atoms with van der Waals surface area (Å²) in [6, 6.07) is 0. The van der Waals surface area contributed by atoms with E-state index in [-0.39, 0.29) is 14.0 Å². The molecule has 1 N–H and O–H groups in total. The van der Waals surface area contributed by atoms with Gasteiger partial charge < -0.3 is 9.72 Å². The molecule has 1 rings (SSSR count). The van der Waals surface area contributed by atoms with Gasteiger partial charge >= 0.3 is 0 Å².